The molecule has 6 nitrogen and oxygen atoms in total. The first-order valence-corrected chi connectivity index (χ1v) is 13.4. The van der Waals surface area contributed by atoms with Crippen molar-refractivity contribution in [1.29, 1.82) is 0 Å². The molecule has 1 aromatic carbocycles. The Kier molecular flexibility index (Phi) is 9.72. The second kappa shape index (κ2) is 13.2. The zero-order valence-electron chi connectivity index (χ0n) is 21.5. The molecule has 2 aromatic rings. The van der Waals surface area contributed by atoms with E-state index >= 15 is 0 Å². The van der Waals surface area contributed by atoms with Gasteiger partial charge < -0.3 is 24.4 Å². The zero-order chi connectivity index (χ0) is 23.6. The van der Waals surface area contributed by atoms with E-state index < -0.39 is 0 Å². The maximum absolute atomic E-state index is 6.38. The van der Waals surface area contributed by atoms with Crippen molar-refractivity contribution >= 4 is 5.69 Å². The molecule has 2 fully saturated rings. The molecule has 0 radical (unpaired) electrons. The lowest BCUT2D eigenvalue weighted by atomic mass is 10.1. The fraction of sp³-hybridized carbons (Fsp3) is 0.643. The molecule has 3 heterocycles. The smallest absolute Gasteiger partial charge is 0.144 e. The fourth-order valence-electron chi connectivity index (χ4n) is 5.17. The SMILES string of the molecule is CN(C)Cc1ccn(-c2ccc(NCCCN3CCCCC3)c(OCCN3CCCCC3)c2)c1. The van der Waals surface area contributed by atoms with Crippen LogP contribution in [0.3, 0.4) is 0 Å². The quantitative estimate of drug-likeness (QED) is 0.458. The molecule has 0 spiro atoms. The third-order valence-electron chi connectivity index (χ3n) is 7.05. The predicted octanol–water partition coefficient (Wildman–Crippen LogP) is 4.69. The molecule has 188 valence electrons. The first-order valence-electron chi connectivity index (χ1n) is 13.4. The van der Waals surface area contributed by atoms with Crippen LogP contribution in [0, 0.1) is 0 Å². The highest BCUT2D eigenvalue weighted by molar-refractivity contribution is 5.61. The Morgan fingerprint density at radius 3 is 2.29 bits per heavy atom. The number of aromatic nitrogens is 1. The fourth-order valence-corrected chi connectivity index (χ4v) is 5.17. The number of rotatable bonds is 12. The van der Waals surface area contributed by atoms with E-state index in [0.717, 1.165) is 43.4 Å². The number of benzene rings is 1. The molecule has 2 aliphatic heterocycles. The number of piperidine rings is 2. The summed E-state index contributed by atoms with van der Waals surface area (Å²) in [5, 5.41) is 3.67. The lowest BCUT2D eigenvalue weighted by Crippen LogP contribution is -2.33. The van der Waals surface area contributed by atoms with Gasteiger partial charge in [-0.3, -0.25) is 4.90 Å². The molecule has 1 N–H and O–H groups in total. The number of ether oxygens (including phenoxy) is 1. The summed E-state index contributed by atoms with van der Waals surface area (Å²) in [6.45, 7) is 9.83. The van der Waals surface area contributed by atoms with Crippen LogP contribution < -0.4 is 10.1 Å². The van der Waals surface area contributed by atoms with Gasteiger partial charge in [0, 0.05) is 43.8 Å². The Bertz CT molecular complexity index is 852. The van der Waals surface area contributed by atoms with Crippen molar-refractivity contribution in [3.8, 4) is 11.4 Å². The number of nitrogens with zero attached hydrogens (tertiary/aromatic N) is 4. The number of likely N-dealkylation sites (tertiary alicyclic amines) is 2. The summed E-state index contributed by atoms with van der Waals surface area (Å²) in [5.74, 6) is 0.968. The first-order chi connectivity index (χ1) is 16.7. The van der Waals surface area contributed by atoms with Crippen molar-refractivity contribution in [1.82, 2.24) is 19.3 Å². The Balaban J connectivity index is 1.37. The summed E-state index contributed by atoms with van der Waals surface area (Å²) < 4.78 is 8.59. The minimum atomic E-state index is 0.740. The lowest BCUT2D eigenvalue weighted by Gasteiger charge is -2.27. The molecule has 0 atom stereocenters. The monoisotopic (exact) mass is 467 g/mol. The summed E-state index contributed by atoms with van der Waals surface area (Å²) in [4.78, 5) is 7.35. The van der Waals surface area contributed by atoms with E-state index in [1.807, 2.05) is 0 Å². The van der Waals surface area contributed by atoms with E-state index in [9.17, 15) is 0 Å². The Morgan fingerprint density at radius 1 is 0.882 bits per heavy atom. The van der Waals surface area contributed by atoms with Crippen LogP contribution in [0.15, 0.2) is 36.7 Å². The van der Waals surface area contributed by atoms with Crippen LogP contribution in [0.4, 0.5) is 5.69 Å². The van der Waals surface area contributed by atoms with Crippen LogP contribution in [-0.4, -0.2) is 85.8 Å². The third kappa shape index (κ3) is 7.76. The van der Waals surface area contributed by atoms with E-state index in [2.05, 4.69) is 75.3 Å². The highest BCUT2D eigenvalue weighted by Crippen LogP contribution is 2.28. The second-order valence-corrected chi connectivity index (χ2v) is 10.3. The van der Waals surface area contributed by atoms with Crippen LogP contribution >= 0.6 is 0 Å². The van der Waals surface area contributed by atoms with Crippen LogP contribution in [0.2, 0.25) is 0 Å². The standard InChI is InChI=1S/C28H45N5O/c1-30(2)23-25-12-19-33(24-25)26-10-11-27(29-13-9-18-31-14-5-3-6-15-31)28(22-26)34-21-20-32-16-7-4-8-17-32/h10-12,19,22,24,29H,3-9,13-18,20-21,23H2,1-2H3. The molecule has 0 unspecified atom stereocenters. The summed E-state index contributed by atoms with van der Waals surface area (Å²) in [7, 11) is 4.22. The molecule has 6 heteroatoms. The molecule has 0 saturated carbocycles. The molecule has 0 amide bonds. The Morgan fingerprint density at radius 2 is 1.59 bits per heavy atom. The highest BCUT2D eigenvalue weighted by Gasteiger charge is 2.13. The summed E-state index contributed by atoms with van der Waals surface area (Å²) >= 11 is 0. The van der Waals surface area contributed by atoms with E-state index in [1.165, 1.54) is 83.2 Å². The van der Waals surface area contributed by atoms with Gasteiger partial charge >= 0.3 is 0 Å². The van der Waals surface area contributed by atoms with Crippen LogP contribution in [0.5, 0.6) is 5.75 Å². The van der Waals surface area contributed by atoms with Crippen molar-refractivity contribution in [3.63, 3.8) is 0 Å². The minimum absolute atomic E-state index is 0.740. The number of hydrogen-bond acceptors (Lipinski definition) is 5. The van der Waals surface area contributed by atoms with Crippen LogP contribution in [0.25, 0.3) is 5.69 Å². The van der Waals surface area contributed by atoms with Crippen molar-refractivity contribution in [2.75, 3.05) is 71.8 Å². The van der Waals surface area contributed by atoms with Gasteiger partial charge in [-0.1, -0.05) is 12.8 Å². The van der Waals surface area contributed by atoms with E-state index in [-0.39, 0.29) is 0 Å². The maximum Gasteiger partial charge on any atom is 0.144 e. The van der Waals surface area contributed by atoms with Gasteiger partial charge in [-0.05, 0) is 103 Å². The van der Waals surface area contributed by atoms with Gasteiger partial charge in [0.1, 0.15) is 12.4 Å². The molecule has 1 aromatic heterocycles. The minimum Gasteiger partial charge on any atom is -0.490 e. The zero-order valence-corrected chi connectivity index (χ0v) is 21.5. The molecular weight excluding hydrogens is 422 g/mol. The number of anilines is 1. The lowest BCUT2D eigenvalue weighted by molar-refractivity contribution is 0.183. The van der Waals surface area contributed by atoms with Gasteiger partial charge in [0.05, 0.1) is 5.69 Å². The van der Waals surface area contributed by atoms with Gasteiger partial charge in [-0.15, -0.1) is 0 Å². The molecule has 2 aliphatic rings. The molecule has 0 aliphatic carbocycles. The molecule has 4 rings (SSSR count). The summed E-state index contributed by atoms with van der Waals surface area (Å²) in [5.41, 5.74) is 3.58. The van der Waals surface area contributed by atoms with Gasteiger partial charge in [0.15, 0.2) is 0 Å². The van der Waals surface area contributed by atoms with E-state index in [4.69, 9.17) is 4.74 Å². The second-order valence-electron chi connectivity index (χ2n) is 10.3. The normalized spacial score (nSPS) is 17.9. The van der Waals surface area contributed by atoms with Crippen molar-refractivity contribution in [2.45, 2.75) is 51.5 Å². The van der Waals surface area contributed by atoms with E-state index in [0.29, 0.717) is 0 Å². The highest BCUT2D eigenvalue weighted by atomic mass is 16.5. The number of hydrogen-bond donors (Lipinski definition) is 1. The van der Waals surface area contributed by atoms with E-state index in [1.54, 1.807) is 0 Å². The molecule has 34 heavy (non-hydrogen) atoms. The average molecular weight is 468 g/mol. The van der Waals surface area contributed by atoms with Crippen LogP contribution in [-0.2, 0) is 6.54 Å². The van der Waals surface area contributed by atoms with Crippen molar-refractivity contribution in [3.05, 3.63) is 42.2 Å². The summed E-state index contributed by atoms with van der Waals surface area (Å²) in [6.07, 6.45) is 13.7. The van der Waals surface area contributed by atoms with Crippen molar-refractivity contribution < 1.29 is 4.74 Å². The van der Waals surface area contributed by atoms with Gasteiger partial charge in [-0.2, -0.15) is 0 Å². The predicted molar refractivity (Wildman–Crippen MR) is 142 cm³/mol. The largest absolute Gasteiger partial charge is 0.490 e. The summed E-state index contributed by atoms with van der Waals surface area (Å²) in [6, 6.07) is 8.79. The maximum atomic E-state index is 6.38. The van der Waals surface area contributed by atoms with Gasteiger partial charge in [0.2, 0.25) is 0 Å². The van der Waals surface area contributed by atoms with Gasteiger partial charge in [-0.25, -0.2) is 0 Å². The third-order valence-corrected chi connectivity index (χ3v) is 7.05. The Labute approximate surface area is 206 Å². The number of nitrogens with one attached hydrogen (secondary N) is 1. The molecule has 2 saturated heterocycles. The van der Waals surface area contributed by atoms with Gasteiger partial charge in [0.25, 0.3) is 0 Å². The topological polar surface area (TPSA) is 35.9 Å². The van der Waals surface area contributed by atoms with Crippen LogP contribution in [0.1, 0.15) is 50.5 Å². The first kappa shape index (κ1) is 25.1. The Hall–Kier alpha value is -2.02. The molecular formula is C28H45N5O. The molecule has 0 bridgehead atoms. The average Bonchev–Trinajstić information content (AvgIpc) is 3.31. The van der Waals surface area contributed by atoms with Crippen molar-refractivity contribution in [2.24, 2.45) is 0 Å².